The summed E-state index contributed by atoms with van der Waals surface area (Å²) in [6.45, 7) is 5.73. The lowest BCUT2D eigenvalue weighted by molar-refractivity contribution is -0.138. The first-order valence-electron chi connectivity index (χ1n) is 12.7. The molecule has 0 saturated heterocycles. The largest absolute Gasteiger partial charge is 0.502 e. The summed E-state index contributed by atoms with van der Waals surface area (Å²) in [5.74, 6) is -0.0808. The second-order valence-corrected chi connectivity index (χ2v) is 9.29. The van der Waals surface area contributed by atoms with E-state index in [1.807, 2.05) is 44.2 Å². The SMILES string of the molecule is CCC(CC(C)C(=O)Oc1ccc2oc(-c3ccccc3)c(O)c(=O)c2c1)c1ccc(OC(C)OC)cc1. The number of ether oxygens (including phenoxy) is 3. The second kappa shape index (κ2) is 12.0. The third kappa shape index (κ3) is 6.06. The molecule has 1 aromatic heterocycles. The molecule has 3 unspecified atom stereocenters. The van der Waals surface area contributed by atoms with E-state index in [1.165, 1.54) is 6.07 Å². The van der Waals surface area contributed by atoms with Crippen molar-refractivity contribution in [2.75, 3.05) is 7.11 Å². The van der Waals surface area contributed by atoms with Crippen molar-refractivity contribution in [3.63, 3.8) is 0 Å². The smallest absolute Gasteiger partial charge is 0.314 e. The fraction of sp³-hybridized carbons (Fsp3) is 0.290. The number of aromatic hydroxyl groups is 1. The summed E-state index contributed by atoms with van der Waals surface area (Å²) in [6, 6.07) is 21.3. The fourth-order valence-electron chi connectivity index (χ4n) is 4.35. The van der Waals surface area contributed by atoms with E-state index >= 15 is 0 Å². The summed E-state index contributed by atoms with van der Waals surface area (Å²) >= 11 is 0. The summed E-state index contributed by atoms with van der Waals surface area (Å²) in [7, 11) is 1.59. The standard InChI is InChI=1S/C31H32O7/c1-5-21(22-11-13-24(14-12-22)36-20(3)35-4)17-19(2)31(34)37-25-15-16-27-26(18-25)28(32)29(33)30(38-27)23-9-7-6-8-10-23/h6-16,18-21,33H,5,17H2,1-4H3. The van der Waals surface area contributed by atoms with Gasteiger partial charge in [-0.1, -0.05) is 56.3 Å². The molecule has 0 aliphatic rings. The van der Waals surface area contributed by atoms with Crippen LogP contribution in [0.1, 0.15) is 45.1 Å². The van der Waals surface area contributed by atoms with Crippen LogP contribution in [0.4, 0.5) is 0 Å². The van der Waals surface area contributed by atoms with Crippen LogP contribution in [-0.4, -0.2) is 24.5 Å². The van der Waals surface area contributed by atoms with E-state index in [2.05, 4.69) is 6.92 Å². The van der Waals surface area contributed by atoms with E-state index in [0.29, 0.717) is 17.7 Å². The summed E-state index contributed by atoms with van der Waals surface area (Å²) in [5.41, 5.74) is 1.40. The lowest BCUT2D eigenvalue weighted by Gasteiger charge is -2.20. The van der Waals surface area contributed by atoms with Crippen LogP contribution in [0.2, 0.25) is 0 Å². The molecule has 1 heterocycles. The van der Waals surface area contributed by atoms with Crippen LogP contribution in [0.3, 0.4) is 0 Å². The highest BCUT2D eigenvalue weighted by atomic mass is 16.7. The highest BCUT2D eigenvalue weighted by Crippen LogP contribution is 2.32. The maximum absolute atomic E-state index is 12.9. The van der Waals surface area contributed by atoms with E-state index in [1.54, 1.807) is 43.5 Å². The van der Waals surface area contributed by atoms with Gasteiger partial charge in [0.1, 0.15) is 17.1 Å². The van der Waals surface area contributed by atoms with Crippen LogP contribution in [-0.2, 0) is 9.53 Å². The van der Waals surface area contributed by atoms with Gasteiger partial charge in [0.05, 0.1) is 11.3 Å². The van der Waals surface area contributed by atoms with Crippen molar-refractivity contribution >= 4 is 16.9 Å². The van der Waals surface area contributed by atoms with Gasteiger partial charge in [-0.3, -0.25) is 9.59 Å². The molecular weight excluding hydrogens is 484 g/mol. The first kappa shape index (κ1) is 26.9. The predicted octanol–water partition coefficient (Wildman–Crippen LogP) is 6.66. The lowest BCUT2D eigenvalue weighted by atomic mass is 9.87. The average Bonchev–Trinajstić information content (AvgIpc) is 2.94. The molecule has 7 heteroatoms. The van der Waals surface area contributed by atoms with Crippen molar-refractivity contribution in [1.82, 2.24) is 0 Å². The first-order chi connectivity index (χ1) is 18.3. The molecule has 4 aromatic rings. The molecule has 0 spiro atoms. The normalized spacial score (nSPS) is 13.6. The lowest BCUT2D eigenvalue weighted by Crippen LogP contribution is -2.20. The Morgan fingerprint density at radius 3 is 2.32 bits per heavy atom. The summed E-state index contributed by atoms with van der Waals surface area (Å²) in [4.78, 5) is 25.8. The van der Waals surface area contributed by atoms with Gasteiger partial charge in [-0.05, 0) is 61.6 Å². The third-order valence-electron chi connectivity index (χ3n) is 6.61. The van der Waals surface area contributed by atoms with Crippen LogP contribution in [0.25, 0.3) is 22.3 Å². The van der Waals surface area contributed by atoms with E-state index < -0.39 is 17.1 Å². The number of fused-ring (bicyclic) bond motifs is 1. The zero-order chi connectivity index (χ0) is 27.2. The first-order valence-corrected chi connectivity index (χ1v) is 12.7. The number of hydrogen-bond acceptors (Lipinski definition) is 7. The highest BCUT2D eigenvalue weighted by Gasteiger charge is 2.22. The minimum atomic E-state index is -0.589. The Labute approximate surface area is 221 Å². The maximum atomic E-state index is 12.9. The molecule has 1 N–H and O–H groups in total. The molecule has 38 heavy (non-hydrogen) atoms. The Kier molecular flexibility index (Phi) is 8.48. The van der Waals surface area contributed by atoms with E-state index in [0.717, 1.165) is 12.0 Å². The Morgan fingerprint density at radius 1 is 0.974 bits per heavy atom. The zero-order valence-corrected chi connectivity index (χ0v) is 22.0. The maximum Gasteiger partial charge on any atom is 0.314 e. The van der Waals surface area contributed by atoms with Crippen molar-refractivity contribution in [2.24, 2.45) is 5.92 Å². The number of carbonyl (C=O) groups is 1. The van der Waals surface area contributed by atoms with Gasteiger partial charge in [-0.2, -0.15) is 0 Å². The molecule has 0 fully saturated rings. The van der Waals surface area contributed by atoms with Gasteiger partial charge >= 0.3 is 5.97 Å². The van der Waals surface area contributed by atoms with Gasteiger partial charge in [0.15, 0.2) is 12.1 Å². The summed E-state index contributed by atoms with van der Waals surface area (Å²) < 4.78 is 22.2. The molecule has 0 bridgehead atoms. The van der Waals surface area contributed by atoms with Gasteiger partial charge < -0.3 is 23.7 Å². The average molecular weight is 517 g/mol. The molecule has 0 aliphatic heterocycles. The Morgan fingerprint density at radius 2 is 1.66 bits per heavy atom. The third-order valence-corrected chi connectivity index (χ3v) is 6.61. The Balaban J connectivity index is 1.46. The van der Waals surface area contributed by atoms with Crippen LogP contribution in [0.5, 0.6) is 17.2 Å². The number of carbonyl (C=O) groups excluding carboxylic acids is 1. The van der Waals surface area contributed by atoms with Crippen molar-refractivity contribution in [2.45, 2.75) is 45.8 Å². The van der Waals surface area contributed by atoms with Gasteiger partial charge in [-0.15, -0.1) is 0 Å². The molecule has 0 radical (unpaired) electrons. The Bertz CT molecular complexity index is 1440. The summed E-state index contributed by atoms with van der Waals surface area (Å²) in [5, 5.41) is 10.6. The predicted molar refractivity (Wildman–Crippen MR) is 146 cm³/mol. The van der Waals surface area contributed by atoms with Crippen LogP contribution in [0.15, 0.2) is 82.0 Å². The molecule has 3 aromatic carbocycles. The molecule has 0 amide bonds. The minimum Gasteiger partial charge on any atom is -0.502 e. The molecule has 0 saturated carbocycles. The molecule has 0 aliphatic carbocycles. The molecular formula is C31H32O7. The van der Waals surface area contributed by atoms with Crippen LogP contribution in [0, 0.1) is 5.92 Å². The Hall–Kier alpha value is -4.10. The fourth-order valence-corrected chi connectivity index (χ4v) is 4.35. The van der Waals surface area contributed by atoms with Gasteiger partial charge in [-0.25, -0.2) is 0 Å². The van der Waals surface area contributed by atoms with Gasteiger partial charge in [0.25, 0.3) is 0 Å². The van der Waals surface area contributed by atoms with Crippen molar-refractivity contribution in [3.8, 4) is 28.6 Å². The molecule has 4 rings (SSSR count). The van der Waals surface area contributed by atoms with Crippen molar-refractivity contribution in [3.05, 3.63) is 88.6 Å². The number of esters is 1. The van der Waals surface area contributed by atoms with Crippen LogP contribution < -0.4 is 14.9 Å². The van der Waals surface area contributed by atoms with Crippen LogP contribution >= 0.6 is 0 Å². The molecule has 7 nitrogen and oxygen atoms in total. The van der Waals surface area contributed by atoms with E-state index in [9.17, 15) is 14.7 Å². The van der Waals surface area contributed by atoms with Crippen molar-refractivity contribution in [1.29, 1.82) is 0 Å². The van der Waals surface area contributed by atoms with E-state index in [4.69, 9.17) is 18.6 Å². The van der Waals surface area contributed by atoms with Gasteiger partial charge in [0.2, 0.25) is 11.2 Å². The highest BCUT2D eigenvalue weighted by molar-refractivity contribution is 5.84. The topological polar surface area (TPSA) is 95.2 Å². The quantitative estimate of drug-likeness (QED) is 0.143. The number of methoxy groups -OCH3 is 1. The summed E-state index contributed by atoms with van der Waals surface area (Å²) in [6.07, 6.45) is 1.11. The minimum absolute atomic E-state index is 0.0971. The zero-order valence-electron chi connectivity index (χ0n) is 22.0. The molecule has 3 atom stereocenters. The number of rotatable bonds is 10. The number of benzene rings is 3. The van der Waals surface area contributed by atoms with E-state index in [-0.39, 0.29) is 40.6 Å². The number of hydrogen-bond donors (Lipinski definition) is 1. The van der Waals surface area contributed by atoms with Gasteiger partial charge in [0, 0.05) is 12.7 Å². The second-order valence-electron chi connectivity index (χ2n) is 9.29. The molecule has 198 valence electrons. The van der Waals surface area contributed by atoms with Crippen molar-refractivity contribution < 1.29 is 28.5 Å². The monoisotopic (exact) mass is 516 g/mol.